The van der Waals surface area contributed by atoms with Crippen molar-refractivity contribution < 1.29 is 4.39 Å². The number of nitrogens with zero attached hydrogens (tertiary/aromatic N) is 2. The summed E-state index contributed by atoms with van der Waals surface area (Å²) < 4.78 is 14.1. The summed E-state index contributed by atoms with van der Waals surface area (Å²) in [6.07, 6.45) is 9.63. The molecule has 1 saturated carbocycles. The van der Waals surface area contributed by atoms with Crippen LogP contribution in [0.5, 0.6) is 0 Å². The Balaban J connectivity index is 1.56. The van der Waals surface area contributed by atoms with Crippen molar-refractivity contribution in [1.29, 1.82) is 0 Å². The Hall–Kier alpha value is -0.930. The summed E-state index contributed by atoms with van der Waals surface area (Å²) >= 11 is 0. The maximum Gasteiger partial charge on any atom is 0.127 e. The third-order valence-electron chi connectivity index (χ3n) is 6.37. The van der Waals surface area contributed by atoms with Gasteiger partial charge >= 0.3 is 0 Å². The lowest BCUT2D eigenvalue weighted by atomic mass is 9.78. The fourth-order valence-corrected chi connectivity index (χ4v) is 5.28. The molecule has 0 spiro atoms. The van der Waals surface area contributed by atoms with Gasteiger partial charge in [0.05, 0.1) is 0 Å². The Morgan fingerprint density at radius 3 is 2.57 bits per heavy atom. The monoisotopic (exact) mass is 316 g/mol. The predicted molar refractivity (Wildman–Crippen MR) is 91.8 cm³/mol. The van der Waals surface area contributed by atoms with E-state index in [1.54, 1.807) is 12.1 Å². The zero-order valence-corrected chi connectivity index (χ0v) is 14.1. The van der Waals surface area contributed by atoms with Crippen LogP contribution in [0.25, 0.3) is 0 Å². The molecule has 126 valence electrons. The Bertz CT molecular complexity index is 526. The molecule has 2 saturated heterocycles. The molecule has 2 unspecified atom stereocenters. The fourth-order valence-electron chi connectivity index (χ4n) is 5.28. The Morgan fingerprint density at radius 1 is 0.913 bits per heavy atom. The molecule has 1 aromatic carbocycles. The molecule has 0 N–H and O–H groups in total. The summed E-state index contributed by atoms with van der Waals surface area (Å²) in [5.74, 6) is 0.783. The number of hydrogen-bond acceptors (Lipinski definition) is 2. The average molecular weight is 316 g/mol. The van der Waals surface area contributed by atoms with Gasteiger partial charge in [-0.15, -0.1) is 0 Å². The highest BCUT2D eigenvalue weighted by Crippen LogP contribution is 2.38. The van der Waals surface area contributed by atoms with Crippen LogP contribution in [-0.2, 0) is 6.54 Å². The van der Waals surface area contributed by atoms with Crippen molar-refractivity contribution in [2.45, 2.75) is 63.6 Å². The first-order valence-corrected chi connectivity index (χ1v) is 9.54. The van der Waals surface area contributed by atoms with E-state index in [1.807, 2.05) is 12.1 Å². The van der Waals surface area contributed by atoms with Gasteiger partial charge in [0.15, 0.2) is 0 Å². The molecule has 23 heavy (non-hydrogen) atoms. The van der Waals surface area contributed by atoms with Crippen LogP contribution in [0.1, 0.15) is 50.5 Å². The van der Waals surface area contributed by atoms with E-state index in [-0.39, 0.29) is 5.82 Å². The minimum absolute atomic E-state index is 0.0382. The topological polar surface area (TPSA) is 6.48 Å². The van der Waals surface area contributed by atoms with Crippen LogP contribution in [0.2, 0.25) is 0 Å². The van der Waals surface area contributed by atoms with E-state index in [2.05, 4.69) is 9.80 Å². The molecule has 0 amide bonds. The second-order valence-corrected chi connectivity index (χ2v) is 7.70. The number of rotatable bonds is 3. The third kappa shape index (κ3) is 3.18. The van der Waals surface area contributed by atoms with Gasteiger partial charge in [-0.2, -0.15) is 0 Å². The molecule has 3 heteroatoms. The summed E-state index contributed by atoms with van der Waals surface area (Å²) in [4.78, 5) is 5.35. The van der Waals surface area contributed by atoms with E-state index in [0.29, 0.717) is 6.04 Å². The van der Waals surface area contributed by atoms with Crippen LogP contribution >= 0.6 is 0 Å². The van der Waals surface area contributed by atoms with Crippen molar-refractivity contribution >= 4 is 0 Å². The standard InChI is InChI=1S/C20H29FN2/c21-18-10-5-4-9-17(18)15-23-14-13-22-12-6-11-19(22)20(23)16-7-2-1-3-8-16/h4-5,9-10,16,19-20H,1-3,6-8,11-15H2. The SMILES string of the molecule is Fc1ccccc1CN1CCN2CCCC2C1C1CCCCC1. The summed E-state index contributed by atoms with van der Waals surface area (Å²) in [6, 6.07) is 8.71. The number of hydrogen-bond donors (Lipinski definition) is 0. The van der Waals surface area contributed by atoms with Crippen molar-refractivity contribution in [3.8, 4) is 0 Å². The lowest BCUT2D eigenvalue weighted by molar-refractivity contribution is -0.00431. The van der Waals surface area contributed by atoms with E-state index in [4.69, 9.17) is 0 Å². The van der Waals surface area contributed by atoms with Crippen LogP contribution in [0, 0.1) is 11.7 Å². The lowest BCUT2D eigenvalue weighted by Gasteiger charge is -2.49. The van der Waals surface area contributed by atoms with Gasteiger partial charge in [0.1, 0.15) is 5.82 Å². The minimum Gasteiger partial charge on any atom is -0.298 e. The van der Waals surface area contributed by atoms with Crippen molar-refractivity contribution in [1.82, 2.24) is 9.80 Å². The Morgan fingerprint density at radius 2 is 1.74 bits per heavy atom. The van der Waals surface area contributed by atoms with Gasteiger partial charge in [0.2, 0.25) is 0 Å². The van der Waals surface area contributed by atoms with Gasteiger partial charge < -0.3 is 0 Å². The van der Waals surface area contributed by atoms with E-state index in [9.17, 15) is 4.39 Å². The Labute approximate surface area is 139 Å². The van der Waals surface area contributed by atoms with Crippen LogP contribution in [-0.4, -0.2) is 41.5 Å². The van der Waals surface area contributed by atoms with Gasteiger partial charge in [-0.3, -0.25) is 9.80 Å². The maximum absolute atomic E-state index is 14.1. The predicted octanol–water partition coefficient (Wildman–Crippen LogP) is 4.05. The molecule has 1 aromatic rings. The van der Waals surface area contributed by atoms with E-state index in [0.717, 1.165) is 30.6 Å². The molecule has 2 atom stereocenters. The fraction of sp³-hybridized carbons (Fsp3) is 0.700. The van der Waals surface area contributed by atoms with Gasteiger partial charge in [-0.25, -0.2) is 4.39 Å². The molecular weight excluding hydrogens is 287 g/mol. The first-order valence-electron chi connectivity index (χ1n) is 9.54. The van der Waals surface area contributed by atoms with Crippen molar-refractivity contribution in [3.63, 3.8) is 0 Å². The zero-order chi connectivity index (χ0) is 15.6. The first-order chi connectivity index (χ1) is 11.3. The molecule has 2 aliphatic heterocycles. The van der Waals surface area contributed by atoms with Crippen molar-refractivity contribution in [2.24, 2.45) is 5.92 Å². The second-order valence-electron chi connectivity index (χ2n) is 7.70. The second kappa shape index (κ2) is 6.90. The number of halogens is 1. The third-order valence-corrected chi connectivity index (χ3v) is 6.37. The largest absolute Gasteiger partial charge is 0.298 e. The number of piperazine rings is 1. The molecule has 0 bridgehead atoms. The molecule has 0 aromatic heterocycles. The summed E-state index contributed by atoms with van der Waals surface area (Å²) in [5, 5.41) is 0. The van der Waals surface area contributed by atoms with Gasteiger partial charge in [0.25, 0.3) is 0 Å². The number of fused-ring (bicyclic) bond motifs is 1. The minimum atomic E-state index is -0.0382. The van der Waals surface area contributed by atoms with Gasteiger partial charge in [-0.05, 0) is 44.2 Å². The molecule has 0 radical (unpaired) electrons. The average Bonchev–Trinajstić information content (AvgIpc) is 3.06. The lowest BCUT2D eigenvalue weighted by Crippen LogP contribution is -2.59. The van der Waals surface area contributed by atoms with E-state index >= 15 is 0 Å². The molecule has 3 fully saturated rings. The normalized spacial score (nSPS) is 30.5. The summed E-state index contributed by atoms with van der Waals surface area (Å²) in [6.45, 7) is 4.34. The van der Waals surface area contributed by atoms with Gasteiger partial charge in [-0.1, -0.05) is 37.5 Å². The van der Waals surface area contributed by atoms with E-state index < -0.39 is 0 Å². The Kier molecular flexibility index (Phi) is 4.68. The molecule has 2 nitrogen and oxygen atoms in total. The van der Waals surface area contributed by atoms with Crippen LogP contribution in [0.4, 0.5) is 4.39 Å². The molecule has 1 aliphatic carbocycles. The van der Waals surface area contributed by atoms with Crippen LogP contribution in [0.3, 0.4) is 0 Å². The van der Waals surface area contributed by atoms with E-state index in [1.165, 1.54) is 58.0 Å². The van der Waals surface area contributed by atoms with Crippen molar-refractivity contribution in [2.75, 3.05) is 19.6 Å². The maximum atomic E-state index is 14.1. The van der Waals surface area contributed by atoms with Crippen molar-refractivity contribution in [3.05, 3.63) is 35.6 Å². The summed E-state index contributed by atoms with van der Waals surface area (Å²) in [7, 11) is 0. The highest BCUT2D eigenvalue weighted by Gasteiger charge is 2.42. The quantitative estimate of drug-likeness (QED) is 0.830. The highest BCUT2D eigenvalue weighted by atomic mass is 19.1. The molecule has 4 rings (SSSR count). The van der Waals surface area contributed by atoms with Crippen LogP contribution < -0.4 is 0 Å². The molecular formula is C20H29FN2. The summed E-state index contributed by atoms with van der Waals surface area (Å²) in [5.41, 5.74) is 0.875. The zero-order valence-electron chi connectivity index (χ0n) is 14.1. The molecule has 2 heterocycles. The van der Waals surface area contributed by atoms with Gasteiger partial charge in [0, 0.05) is 37.3 Å². The first kappa shape index (κ1) is 15.6. The highest BCUT2D eigenvalue weighted by molar-refractivity contribution is 5.18. The smallest absolute Gasteiger partial charge is 0.127 e. The number of benzene rings is 1. The molecule has 3 aliphatic rings. The van der Waals surface area contributed by atoms with Crippen LogP contribution in [0.15, 0.2) is 24.3 Å².